The Morgan fingerprint density at radius 2 is 1.74 bits per heavy atom. The van der Waals surface area contributed by atoms with E-state index >= 15 is 0 Å². The van der Waals surface area contributed by atoms with E-state index < -0.39 is 0 Å². The number of aliphatic imine (C=N–C) groups is 2. The number of hydrogen-bond acceptors (Lipinski definition) is 5. The third-order valence-electron chi connectivity index (χ3n) is 6.91. The van der Waals surface area contributed by atoms with Crippen molar-refractivity contribution in [2.45, 2.75) is 107 Å². The first-order chi connectivity index (χ1) is 20.3. The highest BCUT2D eigenvalue weighted by molar-refractivity contribution is 6.37. The summed E-state index contributed by atoms with van der Waals surface area (Å²) in [6.45, 7) is 26.7. The van der Waals surface area contributed by atoms with Gasteiger partial charge in [-0.15, -0.1) is 0 Å². The van der Waals surface area contributed by atoms with Crippen molar-refractivity contribution in [1.82, 2.24) is 15.5 Å². The maximum absolute atomic E-state index is 14.0. The Balaban J connectivity index is 0.00000138. The molecule has 0 aromatic heterocycles. The minimum Gasteiger partial charge on any atom is -0.368 e. The maximum Gasteiger partial charge on any atom is 0.260 e. The van der Waals surface area contributed by atoms with Crippen LogP contribution in [0.4, 0.5) is 0 Å². The Morgan fingerprint density at radius 1 is 1.12 bits per heavy atom. The van der Waals surface area contributed by atoms with Crippen LogP contribution in [0.5, 0.6) is 0 Å². The topological polar surface area (TPSA) is 69.1 Å². The lowest BCUT2D eigenvalue weighted by Gasteiger charge is -2.34. The normalized spacial score (nSPS) is 19.3. The molecule has 6 nitrogen and oxygen atoms in total. The summed E-state index contributed by atoms with van der Waals surface area (Å²) in [5.74, 6) is 1.62. The molecule has 2 fully saturated rings. The minimum atomic E-state index is -0.0674. The van der Waals surface area contributed by atoms with Gasteiger partial charge in [0.25, 0.3) is 5.91 Å². The summed E-state index contributed by atoms with van der Waals surface area (Å²) >= 11 is 6.78. The number of amides is 1. The molecule has 1 aliphatic carbocycles. The summed E-state index contributed by atoms with van der Waals surface area (Å²) in [6, 6.07) is 6.34. The molecule has 2 heterocycles. The Labute approximate surface area is 261 Å². The summed E-state index contributed by atoms with van der Waals surface area (Å²) in [7, 11) is 0. The van der Waals surface area contributed by atoms with E-state index in [-0.39, 0.29) is 11.9 Å². The molecule has 234 valence electrons. The van der Waals surface area contributed by atoms with Gasteiger partial charge >= 0.3 is 0 Å². The average Bonchev–Trinajstić information content (AvgIpc) is 3.82. The average molecular weight is 598 g/mol. The number of carbonyl (C=O) groups excluding carboxylic acids is 1. The zero-order valence-electron chi connectivity index (χ0n) is 27.9. The van der Waals surface area contributed by atoms with Gasteiger partial charge in [-0.25, -0.2) is 4.99 Å². The molecule has 42 heavy (non-hydrogen) atoms. The Bertz CT molecular complexity index is 1140. The fourth-order valence-corrected chi connectivity index (χ4v) is 5.09. The number of piperidine rings is 1. The number of nitrogens with zero attached hydrogens (tertiary/aromatic N) is 3. The van der Waals surface area contributed by atoms with Gasteiger partial charge in [0.15, 0.2) is 0 Å². The van der Waals surface area contributed by atoms with Crippen molar-refractivity contribution in [3.05, 3.63) is 64.5 Å². The van der Waals surface area contributed by atoms with E-state index in [1.807, 2.05) is 104 Å². The van der Waals surface area contributed by atoms with Crippen molar-refractivity contribution < 1.29 is 4.79 Å². The van der Waals surface area contributed by atoms with E-state index in [2.05, 4.69) is 22.2 Å². The van der Waals surface area contributed by atoms with E-state index in [9.17, 15) is 4.79 Å². The highest BCUT2D eigenvalue weighted by Gasteiger charge is 2.34. The van der Waals surface area contributed by atoms with Crippen LogP contribution in [0, 0.1) is 5.92 Å². The van der Waals surface area contributed by atoms with Gasteiger partial charge in [0, 0.05) is 40.0 Å². The first-order valence-corrected chi connectivity index (χ1v) is 16.4. The molecule has 1 aromatic carbocycles. The summed E-state index contributed by atoms with van der Waals surface area (Å²) < 4.78 is 0. The van der Waals surface area contributed by atoms with Gasteiger partial charge in [-0.05, 0) is 90.1 Å². The number of hydrogen-bond donors (Lipinski definition) is 2. The monoisotopic (exact) mass is 597 g/mol. The predicted molar refractivity (Wildman–Crippen MR) is 184 cm³/mol. The number of amidine groups is 1. The van der Waals surface area contributed by atoms with Gasteiger partial charge < -0.3 is 10.6 Å². The molecule has 2 aliphatic heterocycles. The van der Waals surface area contributed by atoms with Crippen LogP contribution in [0.15, 0.2) is 58.3 Å². The number of rotatable bonds is 8. The molecular weight excluding hydrogens is 542 g/mol. The lowest BCUT2D eigenvalue weighted by atomic mass is 9.92. The van der Waals surface area contributed by atoms with Crippen LogP contribution in [0.2, 0.25) is 5.02 Å². The molecule has 2 N–H and O–H groups in total. The second-order valence-electron chi connectivity index (χ2n) is 10.2. The number of nitrogens with one attached hydrogen (secondary N) is 2. The van der Waals surface area contributed by atoms with Gasteiger partial charge in [0.2, 0.25) is 0 Å². The molecule has 1 saturated heterocycles. The second kappa shape index (κ2) is 19.5. The lowest BCUT2D eigenvalue weighted by Crippen LogP contribution is -2.46. The zero-order chi connectivity index (χ0) is 31.8. The maximum atomic E-state index is 14.0. The molecule has 1 saturated carbocycles. The summed E-state index contributed by atoms with van der Waals surface area (Å²) in [5.41, 5.74) is 4.27. The molecular formula is C35H56ClN5O. The fraction of sp³-hybridized carbons (Fsp3) is 0.571. The van der Waals surface area contributed by atoms with Gasteiger partial charge in [0.05, 0.1) is 6.04 Å². The largest absolute Gasteiger partial charge is 0.368 e. The van der Waals surface area contributed by atoms with E-state index in [0.29, 0.717) is 40.8 Å². The van der Waals surface area contributed by atoms with Crippen LogP contribution in [0.25, 0.3) is 5.57 Å². The van der Waals surface area contributed by atoms with E-state index in [4.69, 9.17) is 16.6 Å². The highest BCUT2D eigenvalue weighted by Crippen LogP contribution is 2.34. The Hall–Kier alpha value is -2.70. The smallest absolute Gasteiger partial charge is 0.260 e. The quantitative estimate of drug-likeness (QED) is 0.294. The standard InChI is InChI=1S/C29H38ClN5O.3C2H6/c1-6-22-15-26(25-10-7-23(16-27(25)30)19(4)32-18(2)3)29(36)35(17-21-11-13-31-14-12-21)28(22)34-20(5)33-24-8-9-24;3*1-2/h6-7,10,15-16,19,21,24,31,33H,5,8-9,11-14,17H2,1-4H3;3*1-2H3/b22-6-,34-28+;;;. The number of halogens is 1. The SMILES string of the molecule is C=C(/N=C1\C(=C/C)C=C(c2ccc(C(C)N=C(C)C)cc2Cl)C(=O)N1CC1CCNCC1)NC1CC1.CC.CC.CC. The molecule has 0 bridgehead atoms. The van der Waals surface area contributed by atoms with Crippen molar-refractivity contribution >= 4 is 34.6 Å². The Kier molecular flexibility index (Phi) is 17.3. The molecule has 0 radical (unpaired) electrons. The molecule has 7 heteroatoms. The number of allylic oxidation sites excluding steroid dienone is 1. The van der Waals surface area contributed by atoms with Crippen LogP contribution >= 0.6 is 11.6 Å². The summed E-state index contributed by atoms with van der Waals surface area (Å²) in [6.07, 6.45) is 8.27. The third kappa shape index (κ3) is 10.9. The minimum absolute atomic E-state index is 0.00353. The van der Waals surface area contributed by atoms with Gasteiger partial charge in [-0.3, -0.25) is 14.7 Å². The summed E-state index contributed by atoms with van der Waals surface area (Å²) in [4.78, 5) is 25.3. The van der Waals surface area contributed by atoms with E-state index in [1.165, 1.54) is 0 Å². The number of carbonyl (C=O) groups is 1. The van der Waals surface area contributed by atoms with Crippen LogP contribution in [0.3, 0.4) is 0 Å². The summed E-state index contributed by atoms with van der Waals surface area (Å²) in [5, 5.41) is 7.33. The fourth-order valence-electron chi connectivity index (χ4n) is 4.80. The van der Waals surface area contributed by atoms with Crippen molar-refractivity contribution in [2.24, 2.45) is 15.9 Å². The Morgan fingerprint density at radius 3 is 2.26 bits per heavy atom. The molecule has 1 unspecified atom stereocenters. The van der Waals surface area contributed by atoms with Crippen molar-refractivity contribution in [3.8, 4) is 0 Å². The lowest BCUT2D eigenvalue weighted by molar-refractivity contribution is -0.122. The second-order valence-corrected chi connectivity index (χ2v) is 10.6. The zero-order valence-corrected chi connectivity index (χ0v) is 28.7. The number of benzene rings is 1. The van der Waals surface area contributed by atoms with Crippen molar-refractivity contribution in [2.75, 3.05) is 19.6 Å². The molecule has 4 rings (SSSR count). The van der Waals surface area contributed by atoms with Gasteiger partial charge in [-0.2, -0.15) is 0 Å². The van der Waals surface area contributed by atoms with E-state index in [1.54, 1.807) is 0 Å². The molecule has 0 spiro atoms. The molecule has 1 aromatic rings. The van der Waals surface area contributed by atoms with Crippen LogP contribution in [-0.2, 0) is 4.79 Å². The highest BCUT2D eigenvalue weighted by atomic mass is 35.5. The van der Waals surface area contributed by atoms with Crippen LogP contribution in [-0.4, -0.2) is 48.0 Å². The van der Waals surface area contributed by atoms with Gasteiger partial charge in [0.1, 0.15) is 11.7 Å². The van der Waals surface area contributed by atoms with Gasteiger partial charge in [-0.1, -0.05) is 77.9 Å². The van der Waals surface area contributed by atoms with Crippen molar-refractivity contribution in [3.63, 3.8) is 0 Å². The molecule has 3 aliphatic rings. The van der Waals surface area contributed by atoms with E-state index in [0.717, 1.165) is 61.2 Å². The van der Waals surface area contributed by atoms with Crippen molar-refractivity contribution in [1.29, 1.82) is 0 Å². The predicted octanol–water partition coefficient (Wildman–Crippen LogP) is 8.75. The molecule has 1 amide bonds. The van der Waals surface area contributed by atoms with Crippen LogP contribution < -0.4 is 10.6 Å². The van der Waals surface area contributed by atoms with Crippen LogP contribution in [0.1, 0.15) is 112 Å². The molecule has 1 atom stereocenters. The first kappa shape index (κ1) is 37.3. The third-order valence-corrected chi connectivity index (χ3v) is 7.22. The first-order valence-electron chi connectivity index (χ1n) is 16.0.